The predicted molar refractivity (Wildman–Crippen MR) is 78.0 cm³/mol. The second kappa shape index (κ2) is 4.42. The number of hydrogen-bond donors (Lipinski definition) is 1. The van der Waals surface area contributed by atoms with Gasteiger partial charge in [-0.1, -0.05) is 18.2 Å². The SMILES string of the molecule is Cc1ccc2nc(Cc3ccc(N)cc3)sc2c1. The molecule has 1 heterocycles. The molecule has 3 aromatic rings. The Kier molecular flexibility index (Phi) is 2.76. The van der Waals surface area contributed by atoms with Crippen molar-refractivity contribution < 1.29 is 0 Å². The lowest BCUT2D eigenvalue weighted by Gasteiger charge is -1.98. The lowest BCUT2D eigenvalue weighted by molar-refractivity contribution is 1.16. The van der Waals surface area contributed by atoms with Gasteiger partial charge in [0.15, 0.2) is 0 Å². The maximum Gasteiger partial charge on any atom is 0.0982 e. The molecule has 0 spiro atoms. The summed E-state index contributed by atoms with van der Waals surface area (Å²) in [5, 5.41) is 1.15. The van der Waals surface area contributed by atoms with E-state index in [2.05, 4.69) is 42.2 Å². The molecule has 3 rings (SSSR count). The number of nitrogens with zero attached hydrogens (tertiary/aromatic N) is 1. The molecule has 0 saturated carbocycles. The van der Waals surface area contributed by atoms with E-state index in [1.54, 1.807) is 11.3 Å². The Bertz CT molecular complexity index is 683. The average molecular weight is 254 g/mol. The number of nitrogen functional groups attached to an aromatic ring is 1. The van der Waals surface area contributed by atoms with Crippen LogP contribution in [0, 0.1) is 6.92 Å². The highest BCUT2D eigenvalue weighted by molar-refractivity contribution is 7.18. The van der Waals surface area contributed by atoms with Crippen LogP contribution in [-0.2, 0) is 6.42 Å². The van der Waals surface area contributed by atoms with E-state index in [1.807, 2.05) is 12.1 Å². The molecule has 0 aliphatic heterocycles. The van der Waals surface area contributed by atoms with Gasteiger partial charge in [0.2, 0.25) is 0 Å². The minimum absolute atomic E-state index is 0.804. The van der Waals surface area contributed by atoms with Gasteiger partial charge in [0.1, 0.15) is 0 Å². The van der Waals surface area contributed by atoms with Crippen LogP contribution in [0.1, 0.15) is 16.1 Å². The van der Waals surface area contributed by atoms with Crippen molar-refractivity contribution in [3.05, 3.63) is 58.6 Å². The van der Waals surface area contributed by atoms with E-state index in [0.717, 1.165) is 22.6 Å². The highest BCUT2D eigenvalue weighted by atomic mass is 32.1. The van der Waals surface area contributed by atoms with Crippen LogP contribution in [0.15, 0.2) is 42.5 Å². The molecule has 0 aliphatic carbocycles. The van der Waals surface area contributed by atoms with Crippen LogP contribution >= 0.6 is 11.3 Å². The first-order chi connectivity index (χ1) is 8.70. The summed E-state index contributed by atoms with van der Waals surface area (Å²) in [6.07, 6.45) is 0.874. The van der Waals surface area contributed by atoms with Gasteiger partial charge in [-0.05, 0) is 42.3 Å². The fraction of sp³-hybridized carbons (Fsp3) is 0.133. The van der Waals surface area contributed by atoms with Gasteiger partial charge in [-0.3, -0.25) is 0 Å². The molecule has 0 radical (unpaired) electrons. The molecule has 1 aromatic heterocycles. The first kappa shape index (κ1) is 11.2. The molecule has 2 N–H and O–H groups in total. The van der Waals surface area contributed by atoms with Gasteiger partial charge in [0, 0.05) is 12.1 Å². The van der Waals surface area contributed by atoms with Gasteiger partial charge in [-0.2, -0.15) is 0 Å². The third-order valence-electron chi connectivity index (χ3n) is 2.92. The normalized spacial score (nSPS) is 10.9. The molecular formula is C15H14N2S. The quantitative estimate of drug-likeness (QED) is 0.707. The first-order valence-electron chi connectivity index (χ1n) is 5.91. The van der Waals surface area contributed by atoms with Crippen molar-refractivity contribution in [3.63, 3.8) is 0 Å². The molecule has 3 heteroatoms. The van der Waals surface area contributed by atoms with Crippen LogP contribution in [0.3, 0.4) is 0 Å². The fourth-order valence-corrected chi connectivity index (χ4v) is 3.07. The van der Waals surface area contributed by atoms with Gasteiger partial charge in [0.25, 0.3) is 0 Å². The number of nitrogens with two attached hydrogens (primary N) is 1. The second-order valence-corrected chi connectivity index (χ2v) is 5.61. The minimum Gasteiger partial charge on any atom is -0.399 e. The Balaban J connectivity index is 1.92. The van der Waals surface area contributed by atoms with E-state index in [4.69, 9.17) is 5.73 Å². The van der Waals surface area contributed by atoms with Gasteiger partial charge in [-0.15, -0.1) is 11.3 Å². The first-order valence-corrected chi connectivity index (χ1v) is 6.73. The predicted octanol–water partition coefficient (Wildman–Crippen LogP) is 3.78. The number of rotatable bonds is 2. The smallest absolute Gasteiger partial charge is 0.0982 e. The van der Waals surface area contributed by atoms with E-state index in [9.17, 15) is 0 Å². The Hall–Kier alpha value is -1.87. The fourth-order valence-electron chi connectivity index (χ4n) is 1.97. The van der Waals surface area contributed by atoms with Crippen molar-refractivity contribution in [1.29, 1.82) is 0 Å². The number of aromatic nitrogens is 1. The highest BCUT2D eigenvalue weighted by Crippen LogP contribution is 2.25. The van der Waals surface area contributed by atoms with Gasteiger partial charge < -0.3 is 5.73 Å². The number of thiazole rings is 1. The summed E-state index contributed by atoms with van der Waals surface area (Å²) in [6.45, 7) is 2.11. The van der Waals surface area contributed by atoms with E-state index >= 15 is 0 Å². The summed E-state index contributed by atoms with van der Waals surface area (Å²) in [5.74, 6) is 0. The number of hydrogen-bond acceptors (Lipinski definition) is 3. The van der Waals surface area contributed by atoms with Crippen LogP contribution in [0.2, 0.25) is 0 Å². The van der Waals surface area contributed by atoms with Crippen LogP contribution < -0.4 is 5.73 Å². The molecule has 2 aromatic carbocycles. The molecule has 0 unspecified atom stereocenters. The van der Waals surface area contributed by atoms with Crippen molar-refractivity contribution >= 4 is 27.2 Å². The molecule has 0 atom stereocenters. The number of benzene rings is 2. The lowest BCUT2D eigenvalue weighted by atomic mass is 10.1. The van der Waals surface area contributed by atoms with Crippen molar-refractivity contribution in [3.8, 4) is 0 Å². The zero-order valence-corrected chi connectivity index (χ0v) is 11.0. The lowest BCUT2D eigenvalue weighted by Crippen LogP contribution is -1.88. The summed E-state index contributed by atoms with van der Waals surface area (Å²) < 4.78 is 1.26. The Morgan fingerprint density at radius 1 is 1.11 bits per heavy atom. The second-order valence-electron chi connectivity index (χ2n) is 4.50. The Labute approximate surface area is 110 Å². The topological polar surface area (TPSA) is 38.9 Å². The van der Waals surface area contributed by atoms with Crippen LogP contribution in [-0.4, -0.2) is 4.98 Å². The average Bonchev–Trinajstić information content (AvgIpc) is 2.73. The molecule has 0 amide bonds. The van der Waals surface area contributed by atoms with E-state index in [-0.39, 0.29) is 0 Å². The number of aryl methyl sites for hydroxylation is 1. The summed E-state index contributed by atoms with van der Waals surface area (Å²) in [5.41, 5.74) is 10.1. The summed E-state index contributed by atoms with van der Waals surface area (Å²) in [6, 6.07) is 14.4. The molecule has 0 saturated heterocycles. The highest BCUT2D eigenvalue weighted by Gasteiger charge is 2.04. The maximum atomic E-state index is 5.68. The number of fused-ring (bicyclic) bond motifs is 1. The van der Waals surface area contributed by atoms with Crippen molar-refractivity contribution in [1.82, 2.24) is 4.98 Å². The van der Waals surface area contributed by atoms with E-state index in [1.165, 1.54) is 15.8 Å². The Morgan fingerprint density at radius 2 is 1.89 bits per heavy atom. The van der Waals surface area contributed by atoms with Crippen LogP contribution in [0.4, 0.5) is 5.69 Å². The third kappa shape index (κ3) is 2.22. The maximum absolute atomic E-state index is 5.68. The van der Waals surface area contributed by atoms with Gasteiger partial charge >= 0.3 is 0 Å². The molecule has 90 valence electrons. The molecule has 0 fully saturated rings. The summed E-state index contributed by atoms with van der Waals surface area (Å²) in [4.78, 5) is 4.66. The van der Waals surface area contributed by atoms with Crippen molar-refractivity contribution in [2.45, 2.75) is 13.3 Å². The van der Waals surface area contributed by atoms with Crippen molar-refractivity contribution in [2.24, 2.45) is 0 Å². The Morgan fingerprint density at radius 3 is 2.67 bits per heavy atom. The molecule has 2 nitrogen and oxygen atoms in total. The minimum atomic E-state index is 0.804. The third-order valence-corrected chi connectivity index (χ3v) is 3.94. The van der Waals surface area contributed by atoms with Gasteiger partial charge in [-0.25, -0.2) is 4.98 Å². The van der Waals surface area contributed by atoms with E-state index < -0.39 is 0 Å². The molecule has 0 aliphatic rings. The summed E-state index contributed by atoms with van der Waals surface area (Å²) in [7, 11) is 0. The monoisotopic (exact) mass is 254 g/mol. The number of anilines is 1. The summed E-state index contributed by atoms with van der Waals surface area (Å²) >= 11 is 1.77. The largest absolute Gasteiger partial charge is 0.399 e. The van der Waals surface area contributed by atoms with E-state index in [0.29, 0.717) is 0 Å². The molecule has 18 heavy (non-hydrogen) atoms. The standard InChI is InChI=1S/C15H14N2S/c1-10-2-7-13-14(8-10)18-15(17-13)9-11-3-5-12(16)6-4-11/h2-8H,9,16H2,1H3. The van der Waals surface area contributed by atoms with Crippen LogP contribution in [0.5, 0.6) is 0 Å². The zero-order valence-electron chi connectivity index (χ0n) is 10.2. The van der Waals surface area contributed by atoms with Crippen LogP contribution in [0.25, 0.3) is 10.2 Å². The van der Waals surface area contributed by atoms with Crippen molar-refractivity contribution in [2.75, 3.05) is 5.73 Å². The molecular weight excluding hydrogens is 240 g/mol. The molecule has 0 bridgehead atoms. The zero-order chi connectivity index (χ0) is 12.5. The van der Waals surface area contributed by atoms with Gasteiger partial charge in [0.05, 0.1) is 15.2 Å².